The van der Waals surface area contributed by atoms with Crippen molar-refractivity contribution in [1.82, 2.24) is 20.2 Å². The number of aromatic nitrogens is 4. The fraction of sp³-hybridized carbons (Fsp3) is 0. The highest BCUT2D eigenvalue weighted by atomic mass is 16.4. The van der Waals surface area contributed by atoms with E-state index in [-0.39, 0.29) is 22.8 Å². The molecule has 0 aromatic carbocycles. The third-order valence-electron chi connectivity index (χ3n) is 2.97. The zero-order valence-corrected chi connectivity index (χ0v) is 11.1. The van der Waals surface area contributed by atoms with Crippen molar-refractivity contribution in [3.8, 4) is 0 Å². The average Bonchev–Trinajstić information content (AvgIpc) is 2.89. The van der Waals surface area contributed by atoms with E-state index in [1.165, 1.54) is 12.3 Å². The molecule has 0 radical (unpaired) electrons. The molecule has 0 fully saturated rings. The number of rotatable bonds is 3. The summed E-state index contributed by atoms with van der Waals surface area (Å²) in [5, 5.41) is 18.5. The number of carboxylic acid groups (broad SMARTS) is 1. The molecular weight excluding hydrogens is 288 g/mol. The first-order valence-electron chi connectivity index (χ1n) is 6.15. The maximum Gasteiger partial charge on any atom is 0.339 e. The largest absolute Gasteiger partial charge is 0.478 e. The number of fused-ring (bicyclic) bond motifs is 1. The molecule has 3 rings (SSSR count). The monoisotopic (exact) mass is 298 g/mol. The smallest absolute Gasteiger partial charge is 0.339 e. The van der Waals surface area contributed by atoms with Gasteiger partial charge in [-0.15, -0.1) is 0 Å². The second-order valence-electron chi connectivity index (χ2n) is 4.39. The summed E-state index contributed by atoms with van der Waals surface area (Å²) in [7, 11) is 0. The lowest BCUT2D eigenvalue weighted by Crippen LogP contribution is -2.12. The Bertz CT molecular complexity index is 874. The molecular formula is C13H10N6O3. The molecule has 0 spiro atoms. The van der Waals surface area contributed by atoms with E-state index in [1.54, 1.807) is 18.3 Å². The molecule has 0 aliphatic carbocycles. The van der Waals surface area contributed by atoms with Gasteiger partial charge in [-0.25, -0.2) is 9.78 Å². The number of aromatic carboxylic acids is 1. The highest BCUT2D eigenvalue weighted by molar-refractivity contribution is 6.08. The molecule has 0 aliphatic heterocycles. The van der Waals surface area contributed by atoms with Gasteiger partial charge in [-0.05, 0) is 18.2 Å². The second-order valence-corrected chi connectivity index (χ2v) is 4.39. The molecule has 1 amide bonds. The lowest BCUT2D eigenvalue weighted by molar-refractivity contribution is 0.0697. The van der Waals surface area contributed by atoms with Gasteiger partial charge in [-0.2, -0.15) is 5.10 Å². The predicted molar refractivity (Wildman–Crippen MR) is 77.5 cm³/mol. The number of carboxylic acids is 1. The molecule has 0 aliphatic rings. The first-order valence-corrected chi connectivity index (χ1v) is 6.15. The standard InChI is InChI=1S/C13H10N6O3/c14-9-7(13(21)22)4-8-10(16-9)18-19-11(8)17-12(20)6-2-1-3-15-5-6/h1-5H,(H,21,22)(H4,14,16,17,18,19,20). The van der Waals surface area contributed by atoms with Gasteiger partial charge in [0.25, 0.3) is 5.91 Å². The Morgan fingerprint density at radius 2 is 2.18 bits per heavy atom. The van der Waals surface area contributed by atoms with Gasteiger partial charge in [0.2, 0.25) is 0 Å². The number of nitrogens with two attached hydrogens (primary N) is 1. The predicted octanol–water partition coefficient (Wildman–Crippen LogP) is 0.886. The van der Waals surface area contributed by atoms with E-state index in [0.29, 0.717) is 10.9 Å². The Balaban J connectivity index is 1.99. The van der Waals surface area contributed by atoms with E-state index in [1.807, 2.05) is 0 Å². The number of carbonyl (C=O) groups is 2. The van der Waals surface area contributed by atoms with Gasteiger partial charge >= 0.3 is 5.97 Å². The Hall–Kier alpha value is -3.49. The van der Waals surface area contributed by atoms with Crippen LogP contribution >= 0.6 is 0 Å². The van der Waals surface area contributed by atoms with Gasteiger partial charge in [0.05, 0.1) is 10.9 Å². The maximum atomic E-state index is 12.1. The molecule has 9 nitrogen and oxygen atoms in total. The van der Waals surface area contributed by atoms with Gasteiger partial charge in [-0.3, -0.25) is 14.9 Å². The minimum absolute atomic E-state index is 0.131. The zero-order chi connectivity index (χ0) is 15.7. The molecule has 0 atom stereocenters. The van der Waals surface area contributed by atoms with Crippen LogP contribution in [-0.2, 0) is 0 Å². The van der Waals surface area contributed by atoms with E-state index in [2.05, 4.69) is 25.5 Å². The highest BCUT2D eigenvalue weighted by Crippen LogP contribution is 2.23. The third kappa shape index (κ3) is 2.30. The molecule has 9 heteroatoms. The SMILES string of the molecule is Nc1nc2[nH]nc(NC(=O)c3cccnc3)c2cc1C(=O)O. The minimum Gasteiger partial charge on any atom is -0.478 e. The second kappa shape index (κ2) is 5.13. The highest BCUT2D eigenvalue weighted by Gasteiger charge is 2.17. The molecule has 3 aromatic heterocycles. The number of H-pyrrole nitrogens is 1. The van der Waals surface area contributed by atoms with Crippen molar-refractivity contribution >= 4 is 34.5 Å². The Morgan fingerprint density at radius 3 is 2.86 bits per heavy atom. The van der Waals surface area contributed by atoms with E-state index in [0.717, 1.165) is 0 Å². The normalized spacial score (nSPS) is 10.5. The van der Waals surface area contributed by atoms with E-state index >= 15 is 0 Å². The first-order chi connectivity index (χ1) is 10.6. The molecule has 0 unspecified atom stereocenters. The van der Waals surface area contributed by atoms with Crippen LogP contribution in [0.1, 0.15) is 20.7 Å². The van der Waals surface area contributed by atoms with Crippen LogP contribution in [0.5, 0.6) is 0 Å². The number of nitrogens with one attached hydrogen (secondary N) is 2. The fourth-order valence-electron chi connectivity index (χ4n) is 1.91. The van der Waals surface area contributed by atoms with Gasteiger partial charge in [0, 0.05) is 12.4 Å². The van der Waals surface area contributed by atoms with Crippen LogP contribution in [0.4, 0.5) is 11.6 Å². The summed E-state index contributed by atoms with van der Waals surface area (Å²) in [6, 6.07) is 4.53. The summed E-state index contributed by atoms with van der Waals surface area (Å²) in [5.74, 6) is -1.60. The summed E-state index contributed by atoms with van der Waals surface area (Å²) < 4.78 is 0. The molecule has 5 N–H and O–H groups in total. The number of carbonyl (C=O) groups excluding carboxylic acids is 1. The van der Waals surface area contributed by atoms with Crippen LogP contribution in [-0.4, -0.2) is 37.1 Å². The van der Waals surface area contributed by atoms with Gasteiger partial charge in [-0.1, -0.05) is 0 Å². The number of amides is 1. The van der Waals surface area contributed by atoms with Crippen molar-refractivity contribution in [2.24, 2.45) is 0 Å². The summed E-state index contributed by atoms with van der Waals surface area (Å²) in [5.41, 5.74) is 6.02. The number of pyridine rings is 2. The van der Waals surface area contributed by atoms with Gasteiger partial charge in [0.15, 0.2) is 11.5 Å². The topological polar surface area (TPSA) is 147 Å². The quantitative estimate of drug-likeness (QED) is 0.561. The van der Waals surface area contributed by atoms with E-state index < -0.39 is 11.9 Å². The van der Waals surface area contributed by atoms with Crippen molar-refractivity contribution in [2.75, 3.05) is 11.1 Å². The number of nitrogens with zero attached hydrogens (tertiary/aromatic N) is 3. The molecule has 0 saturated heterocycles. The van der Waals surface area contributed by atoms with Crippen LogP contribution < -0.4 is 11.1 Å². The molecule has 0 bridgehead atoms. The van der Waals surface area contributed by atoms with E-state index in [9.17, 15) is 9.59 Å². The summed E-state index contributed by atoms with van der Waals surface area (Å²) in [4.78, 5) is 30.9. The van der Waals surface area contributed by atoms with Crippen molar-refractivity contribution in [3.05, 3.63) is 41.7 Å². The Labute approximate surface area is 123 Å². The minimum atomic E-state index is -1.21. The Morgan fingerprint density at radius 1 is 1.36 bits per heavy atom. The van der Waals surface area contributed by atoms with Crippen molar-refractivity contribution in [2.45, 2.75) is 0 Å². The number of anilines is 2. The van der Waals surface area contributed by atoms with Crippen LogP contribution in [0.25, 0.3) is 11.0 Å². The lowest BCUT2D eigenvalue weighted by Gasteiger charge is -2.03. The van der Waals surface area contributed by atoms with Crippen molar-refractivity contribution in [3.63, 3.8) is 0 Å². The number of hydrogen-bond donors (Lipinski definition) is 4. The van der Waals surface area contributed by atoms with Gasteiger partial charge < -0.3 is 16.2 Å². The summed E-state index contributed by atoms with van der Waals surface area (Å²) in [6.07, 6.45) is 2.95. The maximum absolute atomic E-state index is 12.1. The molecule has 22 heavy (non-hydrogen) atoms. The van der Waals surface area contributed by atoms with Gasteiger partial charge in [0.1, 0.15) is 11.4 Å². The van der Waals surface area contributed by atoms with Crippen LogP contribution in [0.15, 0.2) is 30.6 Å². The van der Waals surface area contributed by atoms with Crippen molar-refractivity contribution in [1.29, 1.82) is 0 Å². The molecule has 110 valence electrons. The van der Waals surface area contributed by atoms with Crippen LogP contribution in [0.2, 0.25) is 0 Å². The van der Waals surface area contributed by atoms with Crippen LogP contribution in [0.3, 0.4) is 0 Å². The number of hydrogen-bond acceptors (Lipinski definition) is 6. The van der Waals surface area contributed by atoms with Crippen molar-refractivity contribution < 1.29 is 14.7 Å². The zero-order valence-electron chi connectivity index (χ0n) is 11.1. The Kier molecular flexibility index (Phi) is 3.14. The average molecular weight is 298 g/mol. The fourth-order valence-corrected chi connectivity index (χ4v) is 1.91. The summed E-state index contributed by atoms with van der Waals surface area (Å²) >= 11 is 0. The molecule has 3 heterocycles. The number of aromatic amines is 1. The van der Waals surface area contributed by atoms with E-state index in [4.69, 9.17) is 10.8 Å². The first kappa shape index (κ1) is 13.5. The molecule has 0 saturated carbocycles. The number of nitrogen functional groups attached to an aromatic ring is 1. The molecule has 3 aromatic rings. The van der Waals surface area contributed by atoms with Crippen LogP contribution in [0, 0.1) is 0 Å². The third-order valence-corrected chi connectivity index (χ3v) is 2.97. The summed E-state index contributed by atoms with van der Waals surface area (Å²) in [6.45, 7) is 0. The lowest BCUT2D eigenvalue weighted by atomic mass is 10.2.